The van der Waals surface area contributed by atoms with Gasteiger partial charge < -0.3 is 5.32 Å². The van der Waals surface area contributed by atoms with Gasteiger partial charge in [-0.2, -0.15) is 0 Å². The maximum absolute atomic E-state index is 13.3. The van der Waals surface area contributed by atoms with Crippen LogP contribution in [0.15, 0.2) is 18.2 Å². The van der Waals surface area contributed by atoms with Crippen LogP contribution in [0.3, 0.4) is 0 Å². The predicted octanol–water partition coefficient (Wildman–Crippen LogP) is 3.83. The van der Waals surface area contributed by atoms with E-state index in [-0.39, 0.29) is 11.9 Å². The van der Waals surface area contributed by atoms with Crippen molar-refractivity contribution in [1.82, 2.24) is 5.32 Å². The van der Waals surface area contributed by atoms with Crippen molar-refractivity contribution in [3.63, 3.8) is 0 Å². The molecule has 2 heteroatoms. The number of rotatable bonds is 5. The van der Waals surface area contributed by atoms with E-state index in [2.05, 4.69) is 19.2 Å². The van der Waals surface area contributed by atoms with Gasteiger partial charge in [0.2, 0.25) is 0 Å². The zero-order valence-corrected chi connectivity index (χ0v) is 10.7. The van der Waals surface area contributed by atoms with E-state index in [1.165, 1.54) is 6.07 Å². The molecule has 1 N–H and O–H groups in total. The maximum Gasteiger partial charge on any atom is 0.123 e. The van der Waals surface area contributed by atoms with Crippen molar-refractivity contribution in [1.29, 1.82) is 0 Å². The standard InChI is InChI=1S/C14H22FN/c1-5-6-11(3)14(16-4)13-9-12(15)8-7-10(13)2/h7-9,11,14,16H,5-6H2,1-4H3. The van der Waals surface area contributed by atoms with E-state index in [0.717, 1.165) is 24.0 Å². The minimum atomic E-state index is -0.149. The summed E-state index contributed by atoms with van der Waals surface area (Å²) in [5.74, 6) is 0.375. The van der Waals surface area contributed by atoms with E-state index in [0.29, 0.717) is 5.92 Å². The third-order valence-electron chi connectivity index (χ3n) is 3.20. The monoisotopic (exact) mass is 223 g/mol. The smallest absolute Gasteiger partial charge is 0.123 e. The molecule has 0 aliphatic carbocycles. The lowest BCUT2D eigenvalue weighted by molar-refractivity contribution is 0.381. The highest BCUT2D eigenvalue weighted by molar-refractivity contribution is 5.30. The van der Waals surface area contributed by atoms with Gasteiger partial charge in [-0.15, -0.1) is 0 Å². The molecule has 1 aromatic carbocycles. The van der Waals surface area contributed by atoms with Crippen LogP contribution in [0, 0.1) is 18.7 Å². The number of nitrogens with one attached hydrogen (secondary N) is 1. The van der Waals surface area contributed by atoms with Crippen molar-refractivity contribution in [3.8, 4) is 0 Å². The molecule has 0 bridgehead atoms. The Morgan fingerprint density at radius 3 is 2.62 bits per heavy atom. The van der Waals surface area contributed by atoms with Gasteiger partial charge in [0.05, 0.1) is 0 Å². The highest BCUT2D eigenvalue weighted by Crippen LogP contribution is 2.28. The molecule has 1 aromatic rings. The summed E-state index contributed by atoms with van der Waals surface area (Å²) in [7, 11) is 1.95. The second-order valence-electron chi connectivity index (χ2n) is 4.53. The number of aryl methyl sites for hydroxylation is 1. The van der Waals surface area contributed by atoms with Gasteiger partial charge in [-0.05, 0) is 49.6 Å². The van der Waals surface area contributed by atoms with Gasteiger partial charge in [0.1, 0.15) is 5.82 Å². The highest BCUT2D eigenvalue weighted by Gasteiger charge is 2.18. The first kappa shape index (κ1) is 13.2. The van der Waals surface area contributed by atoms with Crippen LogP contribution in [0.4, 0.5) is 4.39 Å². The molecule has 0 aliphatic heterocycles. The van der Waals surface area contributed by atoms with E-state index in [4.69, 9.17) is 0 Å². The number of hydrogen-bond donors (Lipinski definition) is 1. The molecular formula is C14H22FN. The highest BCUT2D eigenvalue weighted by atomic mass is 19.1. The summed E-state index contributed by atoms with van der Waals surface area (Å²) in [4.78, 5) is 0. The van der Waals surface area contributed by atoms with Gasteiger partial charge in [0.25, 0.3) is 0 Å². The van der Waals surface area contributed by atoms with Crippen LogP contribution in [0.5, 0.6) is 0 Å². The van der Waals surface area contributed by atoms with Gasteiger partial charge >= 0.3 is 0 Å². The predicted molar refractivity (Wildman–Crippen MR) is 67.0 cm³/mol. The fourth-order valence-electron chi connectivity index (χ4n) is 2.31. The Bertz CT molecular complexity index is 336. The zero-order valence-electron chi connectivity index (χ0n) is 10.7. The lowest BCUT2D eigenvalue weighted by Crippen LogP contribution is -2.24. The van der Waals surface area contributed by atoms with Crippen molar-refractivity contribution in [2.75, 3.05) is 7.05 Å². The lowest BCUT2D eigenvalue weighted by atomic mass is 9.89. The second-order valence-corrected chi connectivity index (χ2v) is 4.53. The molecule has 16 heavy (non-hydrogen) atoms. The number of hydrogen-bond acceptors (Lipinski definition) is 1. The topological polar surface area (TPSA) is 12.0 Å². The van der Waals surface area contributed by atoms with Crippen molar-refractivity contribution in [2.45, 2.75) is 39.7 Å². The largest absolute Gasteiger partial charge is 0.313 e. The number of halogens is 1. The zero-order chi connectivity index (χ0) is 12.1. The average Bonchev–Trinajstić information content (AvgIpc) is 2.24. The molecule has 0 spiro atoms. The first-order valence-electron chi connectivity index (χ1n) is 6.03. The summed E-state index contributed by atoms with van der Waals surface area (Å²) in [6, 6.07) is 5.28. The lowest BCUT2D eigenvalue weighted by Gasteiger charge is -2.25. The SMILES string of the molecule is CCCC(C)C(NC)c1cc(F)ccc1C. The number of benzene rings is 1. The summed E-state index contributed by atoms with van der Waals surface area (Å²) >= 11 is 0. The van der Waals surface area contributed by atoms with E-state index < -0.39 is 0 Å². The quantitative estimate of drug-likeness (QED) is 0.800. The Kier molecular flexibility index (Phi) is 4.94. The van der Waals surface area contributed by atoms with Crippen LogP contribution in [-0.2, 0) is 0 Å². The molecule has 0 aliphatic rings. The maximum atomic E-state index is 13.3. The van der Waals surface area contributed by atoms with Gasteiger partial charge in [-0.25, -0.2) is 4.39 Å². The van der Waals surface area contributed by atoms with Crippen LogP contribution in [-0.4, -0.2) is 7.05 Å². The Morgan fingerprint density at radius 2 is 2.06 bits per heavy atom. The molecule has 2 atom stereocenters. The Morgan fingerprint density at radius 1 is 1.38 bits per heavy atom. The van der Waals surface area contributed by atoms with Crippen LogP contribution in [0.2, 0.25) is 0 Å². The summed E-state index contributed by atoms with van der Waals surface area (Å²) < 4.78 is 13.3. The molecule has 1 nitrogen and oxygen atoms in total. The van der Waals surface area contributed by atoms with E-state index in [9.17, 15) is 4.39 Å². The molecule has 0 fully saturated rings. The first-order chi connectivity index (χ1) is 7.60. The van der Waals surface area contributed by atoms with Crippen molar-refractivity contribution >= 4 is 0 Å². The Labute approximate surface area is 98.1 Å². The van der Waals surface area contributed by atoms with Crippen LogP contribution in [0.25, 0.3) is 0 Å². The fourth-order valence-corrected chi connectivity index (χ4v) is 2.31. The molecule has 90 valence electrons. The van der Waals surface area contributed by atoms with Crippen molar-refractivity contribution in [2.24, 2.45) is 5.92 Å². The molecule has 0 radical (unpaired) electrons. The van der Waals surface area contributed by atoms with Crippen LogP contribution >= 0.6 is 0 Å². The van der Waals surface area contributed by atoms with E-state index in [1.54, 1.807) is 6.07 Å². The third-order valence-corrected chi connectivity index (χ3v) is 3.20. The molecule has 0 saturated carbocycles. The summed E-state index contributed by atoms with van der Waals surface area (Å²) in [5, 5.41) is 3.30. The van der Waals surface area contributed by atoms with Crippen molar-refractivity contribution in [3.05, 3.63) is 35.1 Å². The van der Waals surface area contributed by atoms with Crippen LogP contribution in [0.1, 0.15) is 43.9 Å². The first-order valence-corrected chi connectivity index (χ1v) is 6.03. The average molecular weight is 223 g/mol. The molecule has 0 heterocycles. The Hall–Kier alpha value is -0.890. The Balaban J connectivity index is 2.98. The summed E-state index contributed by atoms with van der Waals surface area (Å²) in [5.41, 5.74) is 2.24. The molecular weight excluding hydrogens is 201 g/mol. The summed E-state index contributed by atoms with van der Waals surface area (Å²) in [6.45, 7) is 6.44. The molecule has 0 saturated heterocycles. The molecule has 1 rings (SSSR count). The van der Waals surface area contributed by atoms with Gasteiger partial charge in [-0.3, -0.25) is 0 Å². The van der Waals surface area contributed by atoms with Gasteiger partial charge in [0.15, 0.2) is 0 Å². The summed E-state index contributed by atoms with van der Waals surface area (Å²) in [6.07, 6.45) is 2.31. The molecule has 0 amide bonds. The normalized spacial score (nSPS) is 14.8. The minimum absolute atomic E-state index is 0.149. The van der Waals surface area contributed by atoms with Crippen molar-refractivity contribution < 1.29 is 4.39 Å². The van der Waals surface area contributed by atoms with E-state index >= 15 is 0 Å². The van der Waals surface area contributed by atoms with Gasteiger partial charge in [-0.1, -0.05) is 26.3 Å². The molecule has 2 unspecified atom stereocenters. The molecule has 0 aromatic heterocycles. The van der Waals surface area contributed by atoms with E-state index in [1.807, 2.05) is 20.0 Å². The fraction of sp³-hybridized carbons (Fsp3) is 0.571. The minimum Gasteiger partial charge on any atom is -0.313 e. The van der Waals surface area contributed by atoms with Crippen LogP contribution < -0.4 is 5.32 Å². The van der Waals surface area contributed by atoms with Gasteiger partial charge in [0, 0.05) is 6.04 Å². The third kappa shape index (κ3) is 3.05. The second kappa shape index (κ2) is 6.00.